The summed E-state index contributed by atoms with van der Waals surface area (Å²) in [7, 11) is 1.63. The Morgan fingerprint density at radius 1 is 1.29 bits per heavy atom. The predicted octanol–water partition coefficient (Wildman–Crippen LogP) is 2.01. The Morgan fingerprint density at radius 3 is 2.58 bits per heavy atom. The van der Waals surface area contributed by atoms with Crippen molar-refractivity contribution in [1.29, 1.82) is 0 Å². The molecule has 1 saturated carbocycles. The van der Waals surface area contributed by atoms with Crippen LogP contribution in [-0.4, -0.2) is 36.8 Å². The molecule has 2 atom stereocenters. The fourth-order valence-electron chi connectivity index (χ4n) is 3.36. The SMILES string of the molecule is COc1ccc(CCNC(=O)C(O)[C@H](N)CC2CCCCC2)cc1. The Hall–Kier alpha value is -1.59. The third kappa shape index (κ3) is 5.80. The van der Waals surface area contributed by atoms with Crippen LogP contribution in [-0.2, 0) is 11.2 Å². The molecule has 0 radical (unpaired) electrons. The largest absolute Gasteiger partial charge is 0.497 e. The lowest BCUT2D eigenvalue weighted by Crippen LogP contribution is -2.47. The zero-order chi connectivity index (χ0) is 17.4. The summed E-state index contributed by atoms with van der Waals surface area (Å²) in [5, 5.41) is 12.9. The highest BCUT2D eigenvalue weighted by atomic mass is 16.5. The summed E-state index contributed by atoms with van der Waals surface area (Å²) in [6.07, 6.45) is 6.41. The number of benzene rings is 1. The van der Waals surface area contributed by atoms with Crippen LogP contribution in [0.3, 0.4) is 0 Å². The zero-order valence-electron chi connectivity index (χ0n) is 14.5. The van der Waals surface area contributed by atoms with Crippen molar-refractivity contribution in [2.45, 2.75) is 57.1 Å². The molecule has 24 heavy (non-hydrogen) atoms. The molecule has 1 aromatic carbocycles. The molecular formula is C19H30N2O3. The van der Waals surface area contributed by atoms with Crippen LogP contribution in [0.1, 0.15) is 44.1 Å². The number of ether oxygens (including phenoxy) is 1. The Labute approximate surface area is 144 Å². The molecule has 1 amide bonds. The van der Waals surface area contributed by atoms with Gasteiger partial charge in [-0.2, -0.15) is 0 Å². The van der Waals surface area contributed by atoms with Gasteiger partial charge in [-0.1, -0.05) is 44.2 Å². The summed E-state index contributed by atoms with van der Waals surface area (Å²) in [6, 6.07) is 7.25. The van der Waals surface area contributed by atoms with Gasteiger partial charge < -0.3 is 20.9 Å². The van der Waals surface area contributed by atoms with Crippen molar-refractivity contribution in [3.63, 3.8) is 0 Å². The Balaban J connectivity index is 1.70. The maximum Gasteiger partial charge on any atom is 0.250 e. The maximum atomic E-state index is 12.1. The molecular weight excluding hydrogens is 304 g/mol. The second-order valence-corrected chi connectivity index (χ2v) is 6.74. The third-order valence-corrected chi connectivity index (χ3v) is 4.88. The number of hydrogen-bond acceptors (Lipinski definition) is 4. The summed E-state index contributed by atoms with van der Waals surface area (Å²) < 4.78 is 5.12. The lowest BCUT2D eigenvalue weighted by Gasteiger charge is -2.26. The van der Waals surface area contributed by atoms with Crippen LogP contribution in [0.5, 0.6) is 5.75 Å². The number of carbonyl (C=O) groups excluding carboxylic acids is 1. The second-order valence-electron chi connectivity index (χ2n) is 6.74. The Kier molecular flexibility index (Phi) is 7.53. The van der Waals surface area contributed by atoms with Gasteiger partial charge in [0.15, 0.2) is 0 Å². The first kappa shape index (κ1) is 18.7. The molecule has 0 heterocycles. The first-order valence-electron chi connectivity index (χ1n) is 8.94. The standard InChI is InChI=1S/C19H30N2O3/c1-24-16-9-7-14(8-10-16)11-12-21-19(23)18(22)17(20)13-15-5-3-2-4-6-15/h7-10,15,17-18,22H,2-6,11-13,20H2,1H3,(H,21,23)/t17-,18?/m1/s1. The quantitative estimate of drug-likeness (QED) is 0.679. The van der Waals surface area contributed by atoms with E-state index in [2.05, 4.69) is 5.32 Å². The van der Waals surface area contributed by atoms with E-state index in [0.29, 0.717) is 18.9 Å². The van der Waals surface area contributed by atoms with Crippen LogP contribution < -0.4 is 15.8 Å². The number of aliphatic hydroxyl groups excluding tert-OH is 1. The van der Waals surface area contributed by atoms with Crippen LogP contribution in [0.15, 0.2) is 24.3 Å². The van der Waals surface area contributed by atoms with E-state index in [1.165, 1.54) is 32.1 Å². The normalized spacial score (nSPS) is 18.0. The molecule has 1 aliphatic rings. The number of nitrogens with one attached hydrogen (secondary N) is 1. The molecule has 0 saturated heterocycles. The van der Waals surface area contributed by atoms with Crippen molar-refractivity contribution >= 4 is 5.91 Å². The predicted molar refractivity (Wildman–Crippen MR) is 94.9 cm³/mol. The molecule has 0 aliphatic heterocycles. The summed E-state index contributed by atoms with van der Waals surface area (Å²) in [4.78, 5) is 12.1. The number of amides is 1. The van der Waals surface area contributed by atoms with Gasteiger partial charge >= 0.3 is 0 Å². The summed E-state index contributed by atoms with van der Waals surface area (Å²) >= 11 is 0. The molecule has 1 unspecified atom stereocenters. The van der Waals surface area contributed by atoms with E-state index in [1.54, 1.807) is 7.11 Å². The number of aliphatic hydroxyl groups is 1. The average Bonchev–Trinajstić information content (AvgIpc) is 2.62. The van der Waals surface area contributed by atoms with Gasteiger partial charge in [-0.15, -0.1) is 0 Å². The first-order valence-corrected chi connectivity index (χ1v) is 8.94. The van der Waals surface area contributed by atoms with Gasteiger partial charge in [0.2, 0.25) is 5.91 Å². The number of nitrogens with two attached hydrogens (primary N) is 1. The fourth-order valence-corrected chi connectivity index (χ4v) is 3.36. The highest BCUT2D eigenvalue weighted by molar-refractivity contribution is 5.81. The van der Waals surface area contributed by atoms with Crippen LogP contribution in [0, 0.1) is 5.92 Å². The van der Waals surface area contributed by atoms with Crippen molar-refractivity contribution in [1.82, 2.24) is 5.32 Å². The van der Waals surface area contributed by atoms with Crippen LogP contribution in [0.25, 0.3) is 0 Å². The van der Waals surface area contributed by atoms with E-state index < -0.39 is 12.1 Å². The van der Waals surface area contributed by atoms with Crippen molar-refractivity contribution < 1.29 is 14.6 Å². The number of carbonyl (C=O) groups is 1. The van der Waals surface area contributed by atoms with Crippen molar-refractivity contribution in [2.75, 3.05) is 13.7 Å². The molecule has 134 valence electrons. The number of methoxy groups -OCH3 is 1. The van der Waals surface area contributed by atoms with Crippen molar-refractivity contribution in [2.24, 2.45) is 11.7 Å². The minimum absolute atomic E-state index is 0.369. The van der Waals surface area contributed by atoms with E-state index in [4.69, 9.17) is 10.5 Å². The average molecular weight is 334 g/mol. The van der Waals surface area contributed by atoms with Gasteiger partial charge in [0, 0.05) is 12.6 Å². The maximum absolute atomic E-state index is 12.1. The fraction of sp³-hybridized carbons (Fsp3) is 0.632. The molecule has 1 aliphatic carbocycles. The molecule has 0 aromatic heterocycles. The summed E-state index contributed by atoms with van der Waals surface area (Å²) in [5.74, 6) is 0.995. The minimum atomic E-state index is -1.12. The van der Waals surface area contributed by atoms with Gasteiger partial charge in [0.25, 0.3) is 0 Å². The molecule has 2 rings (SSSR count). The molecule has 1 fully saturated rings. The lowest BCUT2D eigenvalue weighted by molar-refractivity contribution is -0.130. The van der Waals surface area contributed by atoms with Crippen molar-refractivity contribution in [3.8, 4) is 5.75 Å². The van der Waals surface area contributed by atoms with Gasteiger partial charge in [-0.3, -0.25) is 4.79 Å². The Bertz CT molecular complexity index is 498. The van der Waals surface area contributed by atoms with Gasteiger partial charge in [-0.05, 0) is 36.5 Å². The highest BCUT2D eigenvalue weighted by Crippen LogP contribution is 2.27. The highest BCUT2D eigenvalue weighted by Gasteiger charge is 2.26. The van der Waals surface area contributed by atoms with E-state index in [1.807, 2.05) is 24.3 Å². The van der Waals surface area contributed by atoms with Gasteiger partial charge in [0.1, 0.15) is 11.9 Å². The molecule has 0 bridgehead atoms. The minimum Gasteiger partial charge on any atom is -0.497 e. The summed E-state index contributed by atoms with van der Waals surface area (Å²) in [5.41, 5.74) is 7.15. The molecule has 1 aromatic rings. The van der Waals surface area contributed by atoms with Crippen LogP contribution in [0.4, 0.5) is 0 Å². The number of hydrogen-bond donors (Lipinski definition) is 3. The molecule has 5 heteroatoms. The van der Waals surface area contributed by atoms with Crippen molar-refractivity contribution in [3.05, 3.63) is 29.8 Å². The first-order chi connectivity index (χ1) is 11.6. The van der Waals surface area contributed by atoms with E-state index in [9.17, 15) is 9.90 Å². The number of rotatable bonds is 8. The van der Waals surface area contributed by atoms with E-state index in [0.717, 1.165) is 17.7 Å². The van der Waals surface area contributed by atoms with Crippen LogP contribution >= 0.6 is 0 Å². The molecule has 4 N–H and O–H groups in total. The monoisotopic (exact) mass is 334 g/mol. The molecule has 0 spiro atoms. The molecule has 5 nitrogen and oxygen atoms in total. The zero-order valence-corrected chi connectivity index (χ0v) is 14.5. The lowest BCUT2D eigenvalue weighted by atomic mass is 9.84. The second kappa shape index (κ2) is 9.64. The topological polar surface area (TPSA) is 84.6 Å². The summed E-state index contributed by atoms with van der Waals surface area (Å²) in [6.45, 7) is 0.484. The van der Waals surface area contributed by atoms with E-state index in [-0.39, 0.29) is 5.91 Å². The van der Waals surface area contributed by atoms with Crippen LogP contribution in [0.2, 0.25) is 0 Å². The Morgan fingerprint density at radius 2 is 1.96 bits per heavy atom. The van der Waals surface area contributed by atoms with E-state index >= 15 is 0 Å². The third-order valence-electron chi connectivity index (χ3n) is 4.88. The van der Waals surface area contributed by atoms with Gasteiger partial charge in [0.05, 0.1) is 7.11 Å². The smallest absolute Gasteiger partial charge is 0.250 e. The van der Waals surface area contributed by atoms with Gasteiger partial charge in [-0.25, -0.2) is 0 Å².